The fraction of sp³-hybridized carbons (Fsp3) is 0.0278. The monoisotopic (exact) mass is 678 g/mol. The van der Waals surface area contributed by atoms with Crippen LogP contribution in [0.3, 0.4) is 0 Å². The minimum atomic E-state index is -1.62. The van der Waals surface area contributed by atoms with Crippen LogP contribution in [0, 0.1) is 0 Å². The van der Waals surface area contributed by atoms with E-state index in [0.717, 1.165) is 47.2 Å². The summed E-state index contributed by atoms with van der Waals surface area (Å²) in [4.78, 5) is 81.5. The van der Waals surface area contributed by atoms with Crippen LogP contribution in [0.5, 0.6) is 5.75 Å². The quantitative estimate of drug-likeness (QED) is 0.0634. The SMILES string of the molecule is CC(=O)Oc1cccc2ccccc12.O=C(O)c1cc2c3cc(C(=O)O)c(C(=O)O)cc3c3cc(C(=O)O)c(C(=O)O)cc3c2cc1C(=O)O. The maximum absolute atomic E-state index is 11.8. The van der Waals surface area contributed by atoms with Crippen LogP contribution in [-0.2, 0) is 4.79 Å². The van der Waals surface area contributed by atoms with Crippen molar-refractivity contribution in [3.8, 4) is 5.75 Å². The summed E-state index contributed by atoms with van der Waals surface area (Å²) < 4.78 is 5.09. The lowest BCUT2D eigenvalue weighted by Crippen LogP contribution is -2.11. The van der Waals surface area contributed by atoms with Gasteiger partial charge in [-0.2, -0.15) is 0 Å². The molecule has 14 nitrogen and oxygen atoms in total. The highest BCUT2D eigenvalue weighted by atomic mass is 16.5. The van der Waals surface area contributed by atoms with E-state index in [1.807, 2.05) is 36.4 Å². The molecule has 6 aromatic carbocycles. The third-order valence-corrected chi connectivity index (χ3v) is 7.73. The van der Waals surface area contributed by atoms with Gasteiger partial charge in [0, 0.05) is 12.3 Å². The van der Waals surface area contributed by atoms with Crippen LogP contribution < -0.4 is 4.74 Å². The van der Waals surface area contributed by atoms with E-state index in [1.54, 1.807) is 6.07 Å². The molecule has 0 saturated carbocycles. The molecule has 6 rings (SSSR count). The van der Waals surface area contributed by atoms with Crippen molar-refractivity contribution in [3.63, 3.8) is 0 Å². The zero-order chi connectivity index (χ0) is 36.6. The molecule has 0 spiro atoms. The van der Waals surface area contributed by atoms with Gasteiger partial charge >= 0.3 is 41.8 Å². The molecule has 50 heavy (non-hydrogen) atoms. The molecule has 14 heteroatoms. The van der Waals surface area contributed by atoms with E-state index in [4.69, 9.17) is 4.74 Å². The number of aromatic carboxylic acids is 6. The first-order valence-electron chi connectivity index (χ1n) is 14.2. The van der Waals surface area contributed by atoms with Gasteiger partial charge in [-0.3, -0.25) is 4.79 Å². The molecule has 250 valence electrons. The largest absolute Gasteiger partial charge is 0.478 e. The van der Waals surface area contributed by atoms with Gasteiger partial charge in [-0.1, -0.05) is 36.4 Å². The molecule has 0 aliphatic rings. The van der Waals surface area contributed by atoms with E-state index in [-0.39, 0.29) is 38.3 Å². The third kappa shape index (κ3) is 6.18. The normalized spacial score (nSPS) is 10.7. The minimum Gasteiger partial charge on any atom is -0.478 e. The van der Waals surface area contributed by atoms with Crippen LogP contribution in [-0.4, -0.2) is 72.4 Å². The summed E-state index contributed by atoms with van der Waals surface area (Å²) >= 11 is 0. The highest BCUT2D eigenvalue weighted by molar-refractivity contribution is 6.29. The van der Waals surface area contributed by atoms with E-state index in [9.17, 15) is 64.2 Å². The molecule has 0 aliphatic heterocycles. The van der Waals surface area contributed by atoms with Crippen LogP contribution in [0.2, 0.25) is 0 Å². The molecule has 0 aliphatic carbocycles. The summed E-state index contributed by atoms with van der Waals surface area (Å²) in [6, 6.07) is 19.2. The molecule has 0 bridgehead atoms. The molecule has 6 N–H and O–H groups in total. The number of fused-ring (bicyclic) bond motifs is 7. The van der Waals surface area contributed by atoms with Crippen LogP contribution in [0.15, 0.2) is 78.9 Å². The van der Waals surface area contributed by atoms with Gasteiger partial charge in [0.05, 0.1) is 33.4 Å². The van der Waals surface area contributed by atoms with Gasteiger partial charge in [-0.15, -0.1) is 0 Å². The molecule has 0 atom stereocenters. The predicted molar refractivity (Wildman–Crippen MR) is 176 cm³/mol. The number of hydrogen-bond donors (Lipinski definition) is 6. The third-order valence-electron chi connectivity index (χ3n) is 7.73. The number of carboxylic acids is 6. The zero-order valence-corrected chi connectivity index (χ0v) is 25.5. The maximum atomic E-state index is 11.8. The van der Waals surface area contributed by atoms with Crippen LogP contribution in [0.1, 0.15) is 69.1 Å². The van der Waals surface area contributed by atoms with Gasteiger partial charge in [-0.25, -0.2) is 28.8 Å². The van der Waals surface area contributed by atoms with Crippen molar-refractivity contribution in [1.29, 1.82) is 0 Å². The van der Waals surface area contributed by atoms with E-state index in [2.05, 4.69) is 0 Å². The smallest absolute Gasteiger partial charge is 0.336 e. The predicted octanol–water partition coefficient (Wildman–Crippen LogP) is 6.10. The second kappa shape index (κ2) is 13.0. The summed E-state index contributed by atoms with van der Waals surface area (Å²) in [7, 11) is 0. The molecule has 0 fully saturated rings. The standard InChI is InChI=1S/C24H12O12.C12H10O2/c25-19(26)13-1-7-8(2-14(13)20(27)28)10-4-17(23(33)34)18(24(35)36)6-12(10)11-5-16(22(31)32)15(21(29)30)3-9(7)11;1-9(13)14-12-8-4-6-10-5-2-3-7-11(10)12/h1-6H,(H,25,26)(H,27,28)(H,29,30)(H,31,32)(H,33,34)(H,35,36);2-8H,1H3. The highest BCUT2D eigenvalue weighted by Gasteiger charge is 2.25. The Morgan fingerprint density at radius 1 is 0.400 bits per heavy atom. The lowest BCUT2D eigenvalue weighted by Gasteiger charge is -2.16. The van der Waals surface area contributed by atoms with E-state index >= 15 is 0 Å². The highest BCUT2D eigenvalue weighted by Crippen LogP contribution is 2.39. The Morgan fingerprint density at radius 2 is 0.680 bits per heavy atom. The van der Waals surface area contributed by atoms with Gasteiger partial charge in [0.25, 0.3) is 0 Å². The van der Waals surface area contributed by atoms with Crippen molar-refractivity contribution < 1.29 is 68.9 Å². The molecular formula is C36H22O14. The average Bonchev–Trinajstić information content (AvgIpc) is 3.06. The Morgan fingerprint density at radius 3 is 0.960 bits per heavy atom. The summed E-state index contributed by atoms with van der Waals surface area (Å²) in [6.07, 6.45) is 0. The van der Waals surface area contributed by atoms with E-state index in [0.29, 0.717) is 5.75 Å². The van der Waals surface area contributed by atoms with Gasteiger partial charge in [0.2, 0.25) is 0 Å². The lowest BCUT2D eigenvalue weighted by atomic mass is 9.87. The number of esters is 1. The number of rotatable bonds is 7. The molecule has 0 unspecified atom stereocenters. The number of carbonyl (C=O) groups is 7. The molecule has 0 radical (unpaired) electrons. The fourth-order valence-electron chi connectivity index (χ4n) is 5.64. The van der Waals surface area contributed by atoms with Crippen molar-refractivity contribution >= 4 is 84.9 Å². The number of hydrogen-bond acceptors (Lipinski definition) is 8. The number of carboxylic acid groups (broad SMARTS) is 6. The second-order valence-electron chi connectivity index (χ2n) is 10.7. The van der Waals surface area contributed by atoms with Gasteiger partial charge in [0.1, 0.15) is 5.75 Å². The Hall–Kier alpha value is -7.35. The molecule has 0 aromatic heterocycles. The Kier molecular flexibility index (Phi) is 8.87. The van der Waals surface area contributed by atoms with Crippen molar-refractivity contribution in [2.24, 2.45) is 0 Å². The average molecular weight is 679 g/mol. The van der Waals surface area contributed by atoms with Crippen LogP contribution in [0.4, 0.5) is 0 Å². The van der Waals surface area contributed by atoms with Crippen molar-refractivity contribution in [2.75, 3.05) is 0 Å². The zero-order valence-electron chi connectivity index (χ0n) is 25.5. The Balaban J connectivity index is 0.000000288. The van der Waals surface area contributed by atoms with Gasteiger partial charge in [0.15, 0.2) is 0 Å². The summed E-state index contributed by atoms with van der Waals surface area (Å²) in [5, 5.41) is 59.3. The first-order chi connectivity index (χ1) is 23.6. The van der Waals surface area contributed by atoms with Crippen LogP contribution in [0.25, 0.3) is 43.1 Å². The number of benzene rings is 6. The summed E-state index contributed by atoms with van der Waals surface area (Å²) in [6.45, 7) is 1.40. The Labute approximate surface area is 278 Å². The van der Waals surface area contributed by atoms with E-state index in [1.165, 1.54) is 6.92 Å². The first kappa shape index (κ1) is 34.0. The van der Waals surface area contributed by atoms with E-state index < -0.39 is 69.2 Å². The lowest BCUT2D eigenvalue weighted by molar-refractivity contribution is -0.131. The van der Waals surface area contributed by atoms with Gasteiger partial charge in [-0.05, 0) is 80.2 Å². The first-order valence-corrected chi connectivity index (χ1v) is 14.2. The molecule has 0 amide bonds. The minimum absolute atomic E-state index is 0.0150. The molecule has 6 aromatic rings. The molecular weight excluding hydrogens is 656 g/mol. The summed E-state index contributed by atoms with van der Waals surface area (Å²) in [5.41, 5.74) is -3.94. The maximum Gasteiger partial charge on any atom is 0.336 e. The van der Waals surface area contributed by atoms with Crippen molar-refractivity contribution in [3.05, 3.63) is 112 Å². The molecule has 0 saturated heterocycles. The summed E-state index contributed by atoms with van der Waals surface area (Å²) in [5.74, 6) is -9.36. The van der Waals surface area contributed by atoms with Crippen LogP contribution >= 0.6 is 0 Å². The fourth-order valence-corrected chi connectivity index (χ4v) is 5.64. The van der Waals surface area contributed by atoms with Crippen molar-refractivity contribution in [2.45, 2.75) is 6.92 Å². The molecule has 0 heterocycles. The van der Waals surface area contributed by atoms with Crippen molar-refractivity contribution in [1.82, 2.24) is 0 Å². The number of carbonyl (C=O) groups excluding carboxylic acids is 1. The second-order valence-corrected chi connectivity index (χ2v) is 10.7. The van der Waals surface area contributed by atoms with Gasteiger partial charge < -0.3 is 35.4 Å². The topological polar surface area (TPSA) is 250 Å². The Bertz CT molecular complexity index is 2150. The number of ether oxygens (including phenoxy) is 1.